The molecule has 0 aliphatic rings. The molecule has 0 fully saturated rings. The quantitative estimate of drug-likeness (QED) is 0.851. The lowest BCUT2D eigenvalue weighted by Gasteiger charge is -2.10. The lowest BCUT2D eigenvalue weighted by Crippen LogP contribution is -2.22. The first-order chi connectivity index (χ1) is 10.6. The molecule has 0 saturated heterocycles. The highest BCUT2D eigenvalue weighted by atomic mass is 16.5. The van der Waals surface area contributed by atoms with Crippen molar-refractivity contribution in [2.45, 2.75) is 0 Å². The number of rotatable bonds is 6. The van der Waals surface area contributed by atoms with Crippen LogP contribution >= 0.6 is 0 Å². The van der Waals surface area contributed by atoms with Crippen molar-refractivity contribution in [3.8, 4) is 11.5 Å². The minimum Gasteiger partial charge on any atom is -0.497 e. The third-order valence-electron chi connectivity index (χ3n) is 2.90. The maximum absolute atomic E-state index is 11.9. The summed E-state index contributed by atoms with van der Waals surface area (Å²) in [5.74, 6) is 0.253. The molecule has 114 valence electrons. The predicted molar refractivity (Wildman–Crippen MR) is 82.1 cm³/mol. The lowest BCUT2D eigenvalue weighted by molar-refractivity contribution is -0.118. The Balaban J connectivity index is 1.94. The second-order valence-corrected chi connectivity index (χ2v) is 4.42. The van der Waals surface area contributed by atoms with Gasteiger partial charge in [0.25, 0.3) is 11.8 Å². The molecule has 0 bridgehead atoms. The smallest absolute Gasteiger partial charge is 0.262 e. The van der Waals surface area contributed by atoms with Crippen LogP contribution in [0.3, 0.4) is 0 Å². The minimum absolute atomic E-state index is 0.181. The molecule has 6 heteroatoms. The number of carbonyl (C=O) groups excluding carboxylic acids is 2. The summed E-state index contributed by atoms with van der Waals surface area (Å²) < 4.78 is 10.4. The maximum Gasteiger partial charge on any atom is 0.262 e. The highest BCUT2D eigenvalue weighted by Crippen LogP contribution is 2.17. The van der Waals surface area contributed by atoms with E-state index in [1.165, 1.54) is 0 Å². The van der Waals surface area contributed by atoms with Crippen LogP contribution in [-0.4, -0.2) is 25.5 Å². The third-order valence-corrected chi connectivity index (χ3v) is 2.90. The van der Waals surface area contributed by atoms with Crippen molar-refractivity contribution in [2.75, 3.05) is 19.0 Å². The fourth-order valence-electron chi connectivity index (χ4n) is 1.81. The van der Waals surface area contributed by atoms with Crippen LogP contribution in [0.4, 0.5) is 5.69 Å². The molecule has 0 unspecified atom stereocenters. The lowest BCUT2D eigenvalue weighted by atomic mass is 10.1. The number of para-hydroxylation sites is 1. The number of carbonyl (C=O) groups is 2. The van der Waals surface area contributed by atoms with Crippen LogP contribution in [0.25, 0.3) is 0 Å². The number of hydrogen-bond acceptors (Lipinski definition) is 4. The highest BCUT2D eigenvalue weighted by molar-refractivity contribution is 6.03. The number of ether oxygens (including phenoxy) is 2. The van der Waals surface area contributed by atoms with Gasteiger partial charge in [-0.2, -0.15) is 0 Å². The Morgan fingerprint density at radius 2 is 1.68 bits per heavy atom. The van der Waals surface area contributed by atoms with Crippen LogP contribution in [0.15, 0.2) is 48.5 Å². The number of methoxy groups -OCH3 is 1. The molecule has 2 aromatic carbocycles. The molecule has 6 nitrogen and oxygen atoms in total. The van der Waals surface area contributed by atoms with Gasteiger partial charge in [0, 0.05) is 0 Å². The second kappa shape index (κ2) is 7.12. The summed E-state index contributed by atoms with van der Waals surface area (Å²) in [6.07, 6.45) is 0. The third kappa shape index (κ3) is 3.99. The predicted octanol–water partition coefficient (Wildman–Crippen LogP) is 1.81. The zero-order valence-electron chi connectivity index (χ0n) is 12.0. The van der Waals surface area contributed by atoms with Gasteiger partial charge in [-0.1, -0.05) is 12.1 Å². The van der Waals surface area contributed by atoms with Crippen molar-refractivity contribution in [3.05, 3.63) is 54.1 Å². The van der Waals surface area contributed by atoms with E-state index in [4.69, 9.17) is 15.2 Å². The first kappa shape index (κ1) is 15.4. The average molecular weight is 300 g/mol. The Hall–Kier alpha value is -3.02. The first-order valence-corrected chi connectivity index (χ1v) is 6.55. The van der Waals surface area contributed by atoms with Gasteiger partial charge in [-0.25, -0.2) is 0 Å². The summed E-state index contributed by atoms with van der Waals surface area (Å²) in [4.78, 5) is 23.1. The van der Waals surface area contributed by atoms with E-state index in [9.17, 15) is 9.59 Å². The highest BCUT2D eigenvalue weighted by Gasteiger charge is 2.10. The molecule has 0 spiro atoms. The molecular weight excluding hydrogens is 284 g/mol. The van der Waals surface area contributed by atoms with Gasteiger partial charge in [-0.15, -0.1) is 0 Å². The standard InChI is InChI=1S/C16H16N2O4/c1-21-11-6-8-12(9-7-11)22-10-15(19)18-14-5-3-2-4-13(14)16(17)20/h2-9H,10H2,1H3,(H2,17,20)(H,18,19). The summed E-state index contributed by atoms with van der Waals surface area (Å²) in [5.41, 5.74) is 5.86. The van der Waals surface area contributed by atoms with Gasteiger partial charge < -0.3 is 20.5 Å². The number of benzene rings is 2. The fourth-order valence-corrected chi connectivity index (χ4v) is 1.81. The van der Waals surface area contributed by atoms with E-state index < -0.39 is 5.91 Å². The largest absolute Gasteiger partial charge is 0.497 e. The van der Waals surface area contributed by atoms with E-state index >= 15 is 0 Å². The van der Waals surface area contributed by atoms with E-state index in [1.807, 2.05) is 0 Å². The van der Waals surface area contributed by atoms with Gasteiger partial charge >= 0.3 is 0 Å². The van der Waals surface area contributed by atoms with E-state index in [-0.39, 0.29) is 18.1 Å². The molecule has 2 aromatic rings. The van der Waals surface area contributed by atoms with Crippen molar-refractivity contribution in [3.63, 3.8) is 0 Å². The summed E-state index contributed by atoms with van der Waals surface area (Å²) in [6.45, 7) is -0.181. The van der Waals surface area contributed by atoms with Crippen LogP contribution < -0.4 is 20.5 Å². The summed E-state index contributed by atoms with van der Waals surface area (Å²) >= 11 is 0. The number of amides is 2. The Kier molecular flexibility index (Phi) is 4.98. The number of nitrogens with one attached hydrogen (secondary N) is 1. The van der Waals surface area contributed by atoms with E-state index in [0.29, 0.717) is 17.2 Å². The SMILES string of the molecule is COc1ccc(OCC(=O)Nc2ccccc2C(N)=O)cc1. The van der Waals surface area contributed by atoms with Crippen LogP contribution in [0.1, 0.15) is 10.4 Å². The van der Waals surface area contributed by atoms with Gasteiger partial charge in [0.1, 0.15) is 11.5 Å². The molecule has 22 heavy (non-hydrogen) atoms. The number of primary amides is 1. The minimum atomic E-state index is -0.605. The number of hydrogen-bond donors (Lipinski definition) is 2. The molecule has 0 saturated carbocycles. The van der Waals surface area contributed by atoms with E-state index in [1.54, 1.807) is 55.6 Å². The van der Waals surface area contributed by atoms with Crippen LogP contribution in [0.2, 0.25) is 0 Å². The molecular formula is C16H16N2O4. The molecule has 0 aliphatic heterocycles. The molecule has 2 rings (SSSR count). The second-order valence-electron chi connectivity index (χ2n) is 4.42. The summed E-state index contributed by atoms with van der Waals surface area (Å²) in [6, 6.07) is 13.4. The fraction of sp³-hybridized carbons (Fsp3) is 0.125. The van der Waals surface area contributed by atoms with E-state index in [2.05, 4.69) is 5.32 Å². The monoisotopic (exact) mass is 300 g/mol. The number of anilines is 1. The molecule has 0 aromatic heterocycles. The first-order valence-electron chi connectivity index (χ1n) is 6.55. The molecule has 3 N–H and O–H groups in total. The van der Waals surface area contributed by atoms with Gasteiger partial charge in [-0.05, 0) is 36.4 Å². The normalized spacial score (nSPS) is 9.86. The van der Waals surface area contributed by atoms with Crippen LogP contribution in [-0.2, 0) is 4.79 Å². The van der Waals surface area contributed by atoms with Crippen LogP contribution in [0.5, 0.6) is 11.5 Å². The van der Waals surface area contributed by atoms with Gasteiger partial charge in [0.15, 0.2) is 6.61 Å². The molecule has 0 heterocycles. The van der Waals surface area contributed by atoms with Crippen molar-refractivity contribution in [1.29, 1.82) is 0 Å². The van der Waals surface area contributed by atoms with Gasteiger partial charge in [0.05, 0.1) is 18.4 Å². The topological polar surface area (TPSA) is 90.7 Å². The van der Waals surface area contributed by atoms with Gasteiger partial charge in [0.2, 0.25) is 0 Å². The summed E-state index contributed by atoms with van der Waals surface area (Å²) in [7, 11) is 1.57. The molecule has 0 radical (unpaired) electrons. The Morgan fingerprint density at radius 1 is 1.05 bits per heavy atom. The van der Waals surface area contributed by atoms with Crippen molar-refractivity contribution in [1.82, 2.24) is 0 Å². The van der Waals surface area contributed by atoms with Crippen molar-refractivity contribution in [2.24, 2.45) is 5.73 Å². The Morgan fingerprint density at radius 3 is 2.32 bits per heavy atom. The zero-order chi connectivity index (χ0) is 15.9. The van der Waals surface area contributed by atoms with Gasteiger partial charge in [-0.3, -0.25) is 9.59 Å². The average Bonchev–Trinajstić information content (AvgIpc) is 2.53. The Labute approximate surface area is 127 Å². The number of nitrogens with two attached hydrogens (primary N) is 1. The van der Waals surface area contributed by atoms with Crippen LogP contribution in [0, 0.1) is 0 Å². The maximum atomic E-state index is 11.9. The van der Waals surface area contributed by atoms with E-state index in [0.717, 1.165) is 0 Å². The van der Waals surface area contributed by atoms with Crippen molar-refractivity contribution < 1.29 is 19.1 Å². The van der Waals surface area contributed by atoms with Crippen molar-refractivity contribution >= 4 is 17.5 Å². The molecule has 0 aliphatic carbocycles. The molecule has 0 atom stereocenters. The summed E-state index contributed by atoms with van der Waals surface area (Å²) in [5, 5.41) is 2.60. The molecule has 2 amide bonds. The zero-order valence-corrected chi connectivity index (χ0v) is 12.0. The Bertz CT molecular complexity index is 668.